The second-order valence-corrected chi connectivity index (χ2v) is 5.55. The van der Waals surface area contributed by atoms with Crippen molar-refractivity contribution in [3.8, 4) is 11.3 Å². The zero-order valence-corrected chi connectivity index (χ0v) is 11.7. The Morgan fingerprint density at radius 3 is 2.89 bits per heavy atom. The zero-order chi connectivity index (χ0) is 13.1. The van der Waals surface area contributed by atoms with Crippen molar-refractivity contribution in [1.82, 2.24) is 4.98 Å². The van der Waals surface area contributed by atoms with E-state index < -0.39 is 12.0 Å². The van der Waals surface area contributed by atoms with Gasteiger partial charge in [-0.2, -0.15) is 0 Å². The quantitative estimate of drug-likeness (QED) is 0.905. The van der Waals surface area contributed by atoms with Crippen LogP contribution in [-0.2, 0) is 11.2 Å². The molecule has 0 bridgehead atoms. The third-order valence-electron chi connectivity index (χ3n) is 2.41. The predicted molar refractivity (Wildman–Crippen MR) is 74.6 cm³/mol. The van der Waals surface area contributed by atoms with E-state index in [9.17, 15) is 4.79 Å². The molecule has 0 aliphatic rings. The lowest BCUT2D eigenvalue weighted by Crippen LogP contribution is -2.32. The Hall–Kier alpha value is -1.24. The van der Waals surface area contributed by atoms with E-state index in [1.54, 1.807) is 0 Å². The molecule has 1 atom stereocenters. The molecule has 0 spiro atoms. The molecule has 1 aromatic carbocycles. The highest BCUT2D eigenvalue weighted by Gasteiger charge is 2.15. The van der Waals surface area contributed by atoms with Crippen LogP contribution in [0.2, 0.25) is 0 Å². The summed E-state index contributed by atoms with van der Waals surface area (Å²) in [6.07, 6.45) is 0.254. The molecule has 0 radical (unpaired) electrons. The van der Waals surface area contributed by atoms with Gasteiger partial charge in [-0.1, -0.05) is 34.1 Å². The maximum absolute atomic E-state index is 10.7. The summed E-state index contributed by atoms with van der Waals surface area (Å²) in [7, 11) is 0. The lowest BCUT2D eigenvalue weighted by Gasteiger charge is -2.02. The van der Waals surface area contributed by atoms with E-state index >= 15 is 0 Å². The average Bonchev–Trinajstić information content (AvgIpc) is 2.77. The summed E-state index contributed by atoms with van der Waals surface area (Å²) in [5.41, 5.74) is 7.31. The van der Waals surface area contributed by atoms with E-state index in [0.717, 1.165) is 20.7 Å². The fourth-order valence-electron chi connectivity index (χ4n) is 1.47. The van der Waals surface area contributed by atoms with Gasteiger partial charge >= 0.3 is 5.97 Å². The number of carboxylic acids is 1. The molecule has 18 heavy (non-hydrogen) atoms. The van der Waals surface area contributed by atoms with Crippen LogP contribution in [0.25, 0.3) is 11.3 Å². The number of rotatable bonds is 4. The van der Waals surface area contributed by atoms with Gasteiger partial charge in [0.2, 0.25) is 0 Å². The van der Waals surface area contributed by atoms with E-state index in [4.69, 9.17) is 10.8 Å². The lowest BCUT2D eigenvalue weighted by molar-refractivity contribution is -0.138. The Bertz CT molecular complexity index is 571. The lowest BCUT2D eigenvalue weighted by atomic mass is 10.2. The van der Waals surface area contributed by atoms with Crippen LogP contribution in [0.4, 0.5) is 0 Å². The molecule has 3 N–H and O–H groups in total. The number of benzene rings is 1. The van der Waals surface area contributed by atoms with Gasteiger partial charge in [0.05, 0.1) is 10.7 Å². The number of carboxylic acid groups (broad SMARTS) is 1. The summed E-state index contributed by atoms with van der Waals surface area (Å²) >= 11 is 4.89. The van der Waals surface area contributed by atoms with Crippen LogP contribution >= 0.6 is 27.3 Å². The molecule has 0 amide bonds. The standard InChI is InChI=1S/C12H11BrN2O2S/c13-8-4-2-1-3-7(8)10-6-18-11(15-10)5-9(14)12(16)17/h1-4,6,9H,5,14H2,(H,16,17). The van der Waals surface area contributed by atoms with Crippen LogP contribution in [0.1, 0.15) is 5.01 Å². The van der Waals surface area contributed by atoms with Crippen molar-refractivity contribution < 1.29 is 9.90 Å². The molecule has 2 rings (SSSR count). The Morgan fingerprint density at radius 1 is 1.50 bits per heavy atom. The van der Waals surface area contributed by atoms with Crippen LogP contribution in [0, 0.1) is 0 Å². The summed E-state index contributed by atoms with van der Waals surface area (Å²) in [4.78, 5) is 15.1. The molecule has 1 unspecified atom stereocenters. The van der Waals surface area contributed by atoms with Crippen LogP contribution in [-0.4, -0.2) is 22.1 Å². The number of hydrogen-bond donors (Lipinski definition) is 2. The van der Waals surface area contributed by atoms with E-state index in [1.807, 2.05) is 29.6 Å². The monoisotopic (exact) mass is 326 g/mol. The molecule has 0 saturated carbocycles. The molecule has 0 saturated heterocycles. The Labute approximate surface area is 117 Å². The number of nitrogens with zero attached hydrogens (tertiary/aromatic N) is 1. The Balaban J connectivity index is 2.21. The van der Waals surface area contributed by atoms with Gasteiger partial charge in [-0.3, -0.25) is 4.79 Å². The topological polar surface area (TPSA) is 76.2 Å². The molecule has 0 aliphatic heterocycles. The van der Waals surface area contributed by atoms with Crippen LogP contribution in [0.3, 0.4) is 0 Å². The van der Waals surface area contributed by atoms with Crippen LogP contribution in [0.15, 0.2) is 34.1 Å². The molecule has 1 aromatic heterocycles. The minimum Gasteiger partial charge on any atom is -0.480 e. The van der Waals surface area contributed by atoms with E-state index in [-0.39, 0.29) is 6.42 Å². The number of nitrogens with two attached hydrogens (primary N) is 1. The van der Waals surface area contributed by atoms with Gasteiger partial charge in [0.15, 0.2) is 0 Å². The van der Waals surface area contributed by atoms with Crippen molar-refractivity contribution in [2.75, 3.05) is 0 Å². The maximum Gasteiger partial charge on any atom is 0.320 e. The number of aromatic nitrogens is 1. The van der Waals surface area contributed by atoms with Crippen molar-refractivity contribution >= 4 is 33.2 Å². The van der Waals surface area contributed by atoms with E-state index in [0.29, 0.717) is 0 Å². The highest BCUT2D eigenvalue weighted by molar-refractivity contribution is 9.10. The number of halogens is 1. The van der Waals surface area contributed by atoms with Gasteiger partial charge in [0.1, 0.15) is 6.04 Å². The molecular formula is C12H11BrN2O2S. The third kappa shape index (κ3) is 2.95. The number of aliphatic carboxylic acids is 1. The summed E-state index contributed by atoms with van der Waals surface area (Å²) in [5.74, 6) is -1.01. The molecule has 0 fully saturated rings. The zero-order valence-electron chi connectivity index (χ0n) is 9.34. The third-order valence-corrected chi connectivity index (χ3v) is 3.98. The Morgan fingerprint density at radius 2 is 2.22 bits per heavy atom. The van der Waals surface area contributed by atoms with Gasteiger partial charge in [0, 0.05) is 21.8 Å². The Kier molecular flexibility index (Phi) is 4.11. The first-order chi connectivity index (χ1) is 8.58. The molecule has 2 aromatic rings. The molecule has 0 aliphatic carbocycles. The number of thiazole rings is 1. The first-order valence-corrected chi connectivity index (χ1v) is 6.93. The number of carbonyl (C=O) groups is 1. The van der Waals surface area contributed by atoms with E-state index in [1.165, 1.54) is 11.3 Å². The normalized spacial score (nSPS) is 12.3. The van der Waals surface area contributed by atoms with Crippen LogP contribution < -0.4 is 5.73 Å². The van der Waals surface area contributed by atoms with Crippen molar-refractivity contribution in [1.29, 1.82) is 0 Å². The first kappa shape index (κ1) is 13.2. The van der Waals surface area contributed by atoms with Crippen molar-refractivity contribution in [3.63, 3.8) is 0 Å². The molecule has 1 heterocycles. The predicted octanol–water partition coefficient (Wildman–Crippen LogP) is 2.53. The highest BCUT2D eigenvalue weighted by Crippen LogP contribution is 2.29. The molecule has 94 valence electrons. The minimum atomic E-state index is -1.01. The molecule has 4 nitrogen and oxygen atoms in total. The molecular weight excluding hydrogens is 316 g/mol. The second kappa shape index (κ2) is 5.60. The van der Waals surface area contributed by atoms with Crippen molar-refractivity contribution in [3.05, 3.63) is 39.1 Å². The minimum absolute atomic E-state index is 0.254. The highest BCUT2D eigenvalue weighted by atomic mass is 79.9. The van der Waals surface area contributed by atoms with Crippen LogP contribution in [0.5, 0.6) is 0 Å². The van der Waals surface area contributed by atoms with Gasteiger partial charge in [0.25, 0.3) is 0 Å². The fourth-order valence-corrected chi connectivity index (χ4v) is 2.81. The van der Waals surface area contributed by atoms with Crippen molar-refractivity contribution in [2.24, 2.45) is 5.73 Å². The smallest absolute Gasteiger partial charge is 0.320 e. The summed E-state index contributed by atoms with van der Waals surface area (Å²) in [5, 5.41) is 11.4. The maximum atomic E-state index is 10.7. The largest absolute Gasteiger partial charge is 0.480 e. The van der Waals surface area contributed by atoms with Gasteiger partial charge in [-0.05, 0) is 6.07 Å². The van der Waals surface area contributed by atoms with E-state index in [2.05, 4.69) is 20.9 Å². The first-order valence-electron chi connectivity index (χ1n) is 5.25. The van der Waals surface area contributed by atoms with Gasteiger partial charge < -0.3 is 10.8 Å². The fraction of sp³-hybridized carbons (Fsp3) is 0.167. The van der Waals surface area contributed by atoms with Crippen molar-refractivity contribution in [2.45, 2.75) is 12.5 Å². The average molecular weight is 327 g/mol. The van der Waals surface area contributed by atoms with Gasteiger partial charge in [-0.25, -0.2) is 4.98 Å². The molecule has 6 heteroatoms. The SMILES string of the molecule is NC(Cc1nc(-c2ccccc2Br)cs1)C(=O)O. The second-order valence-electron chi connectivity index (χ2n) is 3.76. The summed E-state index contributed by atoms with van der Waals surface area (Å²) in [6, 6.07) is 6.86. The summed E-state index contributed by atoms with van der Waals surface area (Å²) in [6.45, 7) is 0. The summed E-state index contributed by atoms with van der Waals surface area (Å²) < 4.78 is 0.962. The number of hydrogen-bond acceptors (Lipinski definition) is 4. The van der Waals surface area contributed by atoms with Gasteiger partial charge in [-0.15, -0.1) is 11.3 Å².